The van der Waals surface area contributed by atoms with Crippen LogP contribution in [0, 0.1) is 17.2 Å². The van der Waals surface area contributed by atoms with Gasteiger partial charge in [-0.05, 0) is 74.3 Å². The first kappa shape index (κ1) is 29.2. The summed E-state index contributed by atoms with van der Waals surface area (Å²) in [7, 11) is 0. The number of carbonyl (C=O) groups is 2. The van der Waals surface area contributed by atoms with Gasteiger partial charge in [-0.3, -0.25) is 9.59 Å². The van der Waals surface area contributed by atoms with Crippen molar-refractivity contribution in [2.24, 2.45) is 5.92 Å². The highest BCUT2D eigenvalue weighted by Gasteiger charge is 2.29. The molecule has 0 unspecified atom stereocenters. The summed E-state index contributed by atoms with van der Waals surface area (Å²) in [6.45, 7) is 6.16. The number of carbonyl (C=O) groups excluding carboxylic acids is 1. The molecule has 8 heteroatoms. The third-order valence-electron chi connectivity index (χ3n) is 6.29. The highest BCUT2D eigenvalue weighted by molar-refractivity contribution is 5.85. The molecule has 194 valence electrons. The predicted octanol–water partition coefficient (Wildman–Crippen LogP) is 4.48. The number of nitriles is 1. The molecule has 1 aliphatic rings. The molecule has 0 aliphatic heterocycles. The number of hydrogen-bond donors (Lipinski definition) is 2. The van der Waals surface area contributed by atoms with Gasteiger partial charge in [-0.15, -0.1) is 12.4 Å². The highest BCUT2D eigenvalue weighted by atomic mass is 35.5. The average Bonchev–Trinajstić information content (AvgIpc) is 3.20. The number of carboxylic acid groups (broad SMARTS) is 1. The summed E-state index contributed by atoms with van der Waals surface area (Å²) in [5.74, 6) is -0.373. The summed E-state index contributed by atoms with van der Waals surface area (Å²) in [4.78, 5) is 22.6. The van der Waals surface area contributed by atoms with Crippen molar-refractivity contribution in [1.82, 2.24) is 5.32 Å². The van der Waals surface area contributed by atoms with E-state index in [1.807, 2.05) is 0 Å². The Morgan fingerprint density at radius 1 is 1.19 bits per heavy atom. The van der Waals surface area contributed by atoms with E-state index in [4.69, 9.17) is 14.6 Å². The predicted molar refractivity (Wildman–Crippen MR) is 139 cm³/mol. The molecule has 36 heavy (non-hydrogen) atoms. The van der Waals surface area contributed by atoms with E-state index in [0.717, 1.165) is 24.8 Å². The lowest BCUT2D eigenvalue weighted by molar-refractivity contribution is -0.147. The zero-order chi connectivity index (χ0) is 25.4. The molecule has 0 heterocycles. The quantitative estimate of drug-likeness (QED) is 0.402. The number of aryl methyl sites for hydroxylation is 1. The topological polar surface area (TPSA) is 109 Å². The van der Waals surface area contributed by atoms with Crippen LogP contribution < -0.4 is 10.1 Å². The van der Waals surface area contributed by atoms with E-state index in [9.17, 15) is 14.9 Å². The minimum absolute atomic E-state index is 0. The molecule has 0 bridgehead atoms. The second-order valence-electron chi connectivity index (χ2n) is 9.89. The largest absolute Gasteiger partial charge is 0.488 e. The fourth-order valence-electron chi connectivity index (χ4n) is 4.72. The van der Waals surface area contributed by atoms with Crippen LogP contribution in [0.2, 0.25) is 0 Å². The number of fused-ring (bicyclic) bond motifs is 1. The van der Waals surface area contributed by atoms with Gasteiger partial charge in [0.25, 0.3) is 0 Å². The Labute approximate surface area is 219 Å². The molecule has 0 aromatic heterocycles. The van der Waals surface area contributed by atoms with Crippen molar-refractivity contribution in [3.63, 3.8) is 0 Å². The van der Waals surface area contributed by atoms with Crippen LogP contribution in [0.4, 0.5) is 0 Å². The molecular formula is C28H35ClN2O5. The van der Waals surface area contributed by atoms with E-state index >= 15 is 0 Å². The number of carboxylic acids is 1. The molecular weight excluding hydrogens is 480 g/mol. The minimum Gasteiger partial charge on any atom is -0.488 e. The molecule has 1 atom stereocenters. The van der Waals surface area contributed by atoms with Gasteiger partial charge < -0.3 is 19.9 Å². The summed E-state index contributed by atoms with van der Waals surface area (Å²) >= 11 is 0. The second kappa shape index (κ2) is 13.3. The third-order valence-corrected chi connectivity index (χ3v) is 6.29. The molecule has 2 N–H and O–H groups in total. The van der Waals surface area contributed by atoms with Crippen LogP contribution in [0.25, 0.3) is 0 Å². The zero-order valence-corrected chi connectivity index (χ0v) is 21.9. The molecule has 3 rings (SSSR count). The van der Waals surface area contributed by atoms with E-state index in [2.05, 4.69) is 49.5 Å². The fraction of sp³-hybridized carbons (Fsp3) is 0.464. The minimum atomic E-state index is -0.887. The van der Waals surface area contributed by atoms with Crippen LogP contribution in [-0.2, 0) is 33.6 Å². The van der Waals surface area contributed by atoms with Gasteiger partial charge in [-0.1, -0.05) is 30.3 Å². The Hall–Kier alpha value is -3.08. The second-order valence-corrected chi connectivity index (χ2v) is 9.89. The number of nitrogens with zero attached hydrogens (tertiary/aromatic N) is 1. The number of halogens is 1. The van der Waals surface area contributed by atoms with Crippen molar-refractivity contribution in [2.45, 2.75) is 64.5 Å². The van der Waals surface area contributed by atoms with Gasteiger partial charge in [-0.25, -0.2) is 0 Å². The van der Waals surface area contributed by atoms with Crippen LogP contribution in [0.5, 0.6) is 5.75 Å². The van der Waals surface area contributed by atoms with Crippen molar-refractivity contribution < 1.29 is 24.2 Å². The van der Waals surface area contributed by atoms with E-state index in [-0.39, 0.29) is 31.0 Å². The molecule has 0 saturated heterocycles. The number of benzene rings is 2. The summed E-state index contributed by atoms with van der Waals surface area (Å²) in [6.07, 6.45) is 2.93. The van der Waals surface area contributed by atoms with E-state index in [1.54, 1.807) is 18.2 Å². The first-order chi connectivity index (χ1) is 16.6. The van der Waals surface area contributed by atoms with Crippen molar-refractivity contribution in [3.05, 3.63) is 64.7 Å². The molecule has 0 amide bonds. The normalized spacial score (nSPS) is 13.7. The summed E-state index contributed by atoms with van der Waals surface area (Å²) in [6, 6.07) is 15.7. The highest BCUT2D eigenvalue weighted by Crippen LogP contribution is 2.32. The number of ether oxygens (including phenoxy) is 2. The molecule has 0 radical (unpaired) electrons. The maximum atomic E-state index is 11.7. The van der Waals surface area contributed by atoms with Gasteiger partial charge in [0.2, 0.25) is 0 Å². The van der Waals surface area contributed by atoms with Crippen LogP contribution in [0.3, 0.4) is 0 Å². The van der Waals surface area contributed by atoms with Gasteiger partial charge >= 0.3 is 11.9 Å². The number of rotatable bonds is 12. The molecule has 0 saturated carbocycles. The number of aliphatic carboxylic acids is 1. The Balaban J connectivity index is 0.00000456. The molecule has 1 aliphatic carbocycles. The van der Waals surface area contributed by atoms with E-state index in [1.165, 1.54) is 18.1 Å². The Bertz CT molecular complexity index is 1070. The van der Waals surface area contributed by atoms with Gasteiger partial charge in [-0.2, -0.15) is 5.26 Å². The smallest absolute Gasteiger partial charge is 0.303 e. The Morgan fingerprint density at radius 3 is 2.44 bits per heavy atom. The van der Waals surface area contributed by atoms with Gasteiger partial charge in [0.1, 0.15) is 24.5 Å². The van der Waals surface area contributed by atoms with Crippen molar-refractivity contribution in [3.8, 4) is 11.8 Å². The van der Waals surface area contributed by atoms with E-state index < -0.39 is 18.0 Å². The monoisotopic (exact) mass is 514 g/mol. The van der Waals surface area contributed by atoms with Crippen molar-refractivity contribution in [1.29, 1.82) is 5.26 Å². The Morgan fingerprint density at radius 2 is 1.86 bits per heavy atom. The average molecular weight is 515 g/mol. The lowest BCUT2D eigenvalue weighted by Gasteiger charge is -2.31. The maximum Gasteiger partial charge on any atom is 0.303 e. The number of nitrogens with one attached hydrogen (secondary N) is 1. The molecule has 0 fully saturated rings. The molecule has 2 aromatic rings. The van der Waals surface area contributed by atoms with E-state index in [0.29, 0.717) is 30.2 Å². The first-order valence-electron chi connectivity index (χ1n) is 12.0. The fourth-order valence-corrected chi connectivity index (χ4v) is 4.72. The van der Waals surface area contributed by atoms with Crippen LogP contribution in [0.1, 0.15) is 55.9 Å². The first-order valence-corrected chi connectivity index (χ1v) is 12.0. The summed E-state index contributed by atoms with van der Waals surface area (Å²) < 4.78 is 11.4. The van der Waals surface area contributed by atoms with Crippen molar-refractivity contribution >= 4 is 24.3 Å². The molecule has 7 nitrogen and oxygen atoms in total. The standard InChI is InChI=1S/C28H34N2O5.ClH/c1-19(31)35-25(18-34-26-14-20(9-11-27(32)33)8-10-24(26)16-29)17-30-28(2,3)15-21-12-22-6-4-5-7-23(22)13-21;/h4-8,10,14,21,25,30H,9,11-13,15,17-18H2,1-3H3,(H,32,33);1H/t25-;/m0./s1. The van der Waals surface area contributed by atoms with Crippen molar-refractivity contribution in [2.75, 3.05) is 13.2 Å². The maximum absolute atomic E-state index is 11.7. The Kier molecular flexibility index (Phi) is 10.8. The lowest BCUT2D eigenvalue weighted by atomic mass is 9.88. The zero-order valence-electron chi connectivity index (χ0n) is 21.1. The SMILES string of the molecule is CC(=O)O[C@@H](CNC(C)(C)CC1Cc2ccccc2C1)COc1cc(CCC(=O)O)ccc1C#N.Cl. The van der Waals surface area contributed by atoms with Gasteiger partial charge in [0.05, 0.1) is 5.56 Å². The lowest BCUT2D eigenvalue weighted by Crippen LogP contribution is -2.47. The number of esters is 1. The van der Waals surface area contributed by atoms with Crippen LogP contribution in [-0.4, -0.2) is 41.8 Å². The van der Waals surface area contributed by atoms with Crippen LogP contribution >= 0.6 is 12.4 Å². The van der Waals surface area contributed by atoms with Gasteiger partial charge in [0.15, 0.2) is 0 Å². The van der Waals surface area contributed by atoms with Gasteiger partial charge in [0, 0.05) is 25.4 Å². The summed E-state index contributed by atoms with van der Waals surface area (Å²) in [5, 5.41) is 21.9. The number of hydrogen-bond acceptors (Lipinski definition) is 6. The van der Waals surface area contributed by atoms with Crippen LogP contribution in [0.15, 0.2) is 42.5 Å². The summed E-state index contributed by atoms with van der Waals surface area (Å²) in [5.41, 5.74) is 3.80. The molecule has 0 spiro atoms. The third kappa shape index (κ3) is 8.85. The molecule has 2 aromatic carbocycles.